The number of piperidine rings is 1. The Morgan fingerprint density at radius 1 is 1.05 bits per heavy atom. The first-order valence-electron chi connectivity index (χ1n) is 14.4. The molecule has 2 aromatic carbocycles. The van der Waals surface area contributed by atoms with E-state index >= 15 is 0 Å². The van der Waals surface area contributed by atoms with E-state index in [-0.39, 0.29) is 23.7 Å². The van der Waals surface area contributed by atoms with E-state index in [2.05, 4.69) is 23.3 Å². The fourth-order valence-electron chi connectivity index (χ4n) is 6.73. The Labute approximate surface area is 244 Å². The molecule has 1 amide bonds. The Kier molecular flexibility index (Phi) is 7.74. The summed E-state index contributed by atoms with van der Waals surface area (Å²) in [5, 5.41) is 12.7. The van der Waals surface area contributed by atoms with Crippen LogP contribution in [-0.2, 0) is 16.1 Å². The molecule has 216 valence electrons. The van der Waals surface area contributed by atoms with Crippen LogP contribution >= 0.6 is 11.3 Å². The van der Waals surface area contributed by atoms with E-state index in [0.717, 1.165) is 70.3 Å². The van der Waals surface area contributed by atoms with E-state index in [9.17, 15) is 14.7 Å². The summed E-state index contributed by atoms with van der Waals surface area (Å²) in [6.07, 6.45) is 1.96. The molecule has 9 heteroatoms. The van der Waals surface area contributed by atoms with Gasteiger partial charge in [-0.1, -0.05) is 11.6 Å². The van der Waals surface area contributed by atoms with Crippen molar-refractivity contribution in [2.24, 2.45) is 17.8 Å². The molecule has 0 radical (unpaired) electrons. The van der Waals surface area contributed by atoms with Gasteiger partial charge in [-0.05, 0) is 86.4 Å². The molecule has 2 aliphatic heterocycles. The number of thiazole rings is 1. The van der Waals surface area contributed by atoms with Gasteiger partial charge in [0.1, 0.15) is 12.4 Å². The molecule has 1 aromatic heterocycles. The van der Waals surface area contributed by atoms with Gasteiger partial charge in [0.25, 0.3) is 5.91 Å². The van der Waals surface area contributed by atoms with Crippen molar-refractivity contribution in [2.45, 2.75) is 40.2 Å². The number of carbonyl (C=O) groups excluding carboxylic acids is 1. The van der Waals surface area contributed by atoms with Crippen LogP contribution in [-0.4, -0.2) is 66.3 Å². The zero-order chi connectivity index (χ0) is 28.7. The second-order valence-corrected chi connectivity index (χ2v) is 12.5. The van der Waals surface area contributed by atoms with Crippen molar-refractivity contribution in [3.05, 3.63) is 63.5 Å². The van der Waals surface area contributed by atoms with Gasteiger partial charge < -0.3 is 24.4 Å². The molecule has 3 heterocycles. The quantitative estimate of drug-likeness (QED) is 0.407. The summed E-state index contributed by atoms with van der Waals surface area (Å²) in [4.78, 5) is 33.9. The van der Waals surface area contributed by atoms with Crippen molar-refractivity contribution in [3.63, 3.8) is 0 Å². The van der Waals surface area contributed by atoms with Crippen molar-refractivity contribution in [2.75, 3.05) is 44.3 Å². The fraction of sp³-hybridized carbons (Fsp3) is 0.469. The van der Waals surface area contributed by atoms with Crippen LogP contribution < -0.4 is 9.64 Å². The monoisotopic (exact) mass is 575 g/mol. The van der Waals surface area contributed by atoms with Crippen LogP contribution in [0.5, 0.6) is 5.75 Å². The van der Waals surface area contributed by atoms with Crippen molar-refractivity contribution >= 4 is 28.3 Å². The van der Waals surface area contributed by atoms with Gasteiger partial charge in [0.2, 0.25) is 0 Å². The van der Waals surface area contributed by atoms with Gasteiger partial charge in [-0.3, -0.25) is 9.59 Å². The van der Waals surface area contributed by atoms with E-state index in [1.807, 2.05) is 43.0 Å². The number of carbonyl (C=O) groups is 2. The van der Waals surface area contributed by atoms with E-state index in [1.54, 1.807) is 11.3 Å². The lowest BCUT2D eigenvalue weighted by atomic mass is 9.85. The Morgan fingerprint density at radius 3 is 2.39 bits per heavy atom. The number of aromatic nitrogens is 1. The molecule has 2 unspecified atom stereocenters. The highest BCUT2D eigenvalue weighted by atomic mass is 32.1. The standard InChI is InChI=1S/C32H37N3O5S/c1-19-4-7-28(40-17-26-20(2)13-24(14-21(26)3)30(36)34-8-10-39-11-9-34)25(12-19)27-18-41-32(33-27)35-15-22-5-6-23(16-35)29(22)31(37)38/h4,7,12-14,18,22-23,29H,5-6,8-11,15-17H2,1-3H3,(H,37,38). The number of aliphatic carboxylic acids is 1. The fourth-order valence-corrected chi connectivity index (χ4v) is 7.57. The van der Waals surface area contributed by atoms with E-state index in [0.29, 0.717) is 38.5 Å². The molecule has 2 saturated heterocycles. The second-order valence-electron chi connectivity index (χ2n) is 11.7. The van der Waals surface area contributed by atoms with Crippen molar-refractivity contribution in [1.29, 1.82) is 0 Å². The van der Waals surface area contributed by atoms with Crippen molar-refractivity contribution in [1.82, 2.24) is 9.88 Å². The molecule has 3 aromatic rings. The summed E-state index contributed by atoms with van der Waals surface area (Å²) < 4.78 is 11.8. The molecule has 3 fully saturated rings. The third kappa shape index (κ3) is 5.57. The number of nitrogens with zero attached hydrogens (tertiary/aromatic N) is 3. The van der Waals surface area contributed by atoms with Crippen LogP contribution in [0.25, 0.3) is 11.3 Å². The minimum Gasteiger partial charge on any atom is -0.488 e. The molecular weight excluding hydrogens is 538 g/mol. The number of hydrogen-bond acceptors (Lipinski definition) is 7. The van der Waals surface area contributed by atoms with Crippen molar-refractivity contribution in [3.8, 4) is 17.0 Å². The first-order valence-corrected chi connectivity index (χ1v) is 15.3. The molecule has 1 N–H and O–H groups in total. The minimum atomic E-state index is -0.651. The Balaban J connectivity index is 1.18. The smallest absolute Gasteiger partial charge is 0.307 e. The molecule has 1 saturated carbocycles. The highest BCUT2D eigenvalue weighted by molar-refractivity contribution is 7.14. The average Bonchev–Trinajstić information content (AvgIpc) is 3.56. The number of fused-ring (bicyclic) bond motifs is 2. The van der Waals surface area contributed by atoms with Gasteiger partial charge in [-0.25, -0.2) is 4.98 Å². The zero-order valence-corrected chi connectivity index (χ0v) is 24.7. The number of carboxylic acid groups (broad SMARTS) is 1. The average molecular weight is 576 g/mol. The van der Waals surface area contributed by atoms with Crippen molar-refractivity contribution < 1.29 is 24.2 Å². The van der Waals surface area contributed by atoms with Crippen LogP contribution in [0.4, 0.5) is 5.13 Å². The van der Waals surface area contributed by atoms with E-state index in [4.69, 9.17) is 14.5 Å². The highest BCUT2D eigenvalue weighted by Gasteiger charge is 2.46. The van der Waals surface area contributed by atoms with Crippen LogP contribution in [0, 0.1) is 38.5 Å². The lowest BCUT2D eigenvalue weighted by molar-refractivity contribution is -0.144. The number of ether oxygens (including phenoxy) is 2. The molecule has 8 nitrogen and oxygen atoms in total. The number of amides is 1. The molecule has 2 atom stereocenters. The van der Waals surface area contributed by atoms with Gasteiger partial charge in [0.15, 0.2) is 5.13 Å². The lowest BCUT2D eigenvalue weighted by Crippen LogP contribution is -2.44. The topological polar surface area (TPSA) is 92.2 Å². The molecular formula is C32H37N3O5S. The number of rotatable bonds is 7. The Hall–Kier alpha value is -3.43. The summed E-state index contributed by atoms with van der Waals surface area (Å²) >= 11 is 1.61. The molecule has 1 aliphatic carbocycles. The molecule has 2 bridgehead atoms. The maximum absolute atomic E-state index is 13.0. The van der Waals surface area contributed by atoms with Gasteiger partial charge in [-0.2, -0.15) is 0 Å². The number of morpholine rings is 1. The van der Waals surface area contributed by atoms with Gasteiger partial charge in [0, 0.05) is 42.7 Å². The zero-order valence-electron chi connectivity index (χ0n) is 23.9. The number of carboxylic acids is 1. The summed E-state index contributed by atoms with van der Waals surface area (Å²) in [6.45, 7) is 10.4. The Morgan fingerprint density at radius 2 is 1.73 bits per heavy atom. The second kappa shape index (κ2) is 11.4. The Bertz CT molecular complexity index is 1430. The lowest BCUT2D eigenvalue weighted by Gasteiger charge is -2.35. The molecule has 3 aliphatic rings. The van der Waals surface area contributed by atoms with Crippen LogP contribution in [0.3, 0.4) is 0 Å². The number of anilines is 1. The van der Waals surface area contributed by atoms with Crippen LogP contribution in [0.1, 0.15) is 45.5 Å². The minimum absolute atomic E-state index is 0.0484. The first-order chi connectivity index (χ1) is 19.8. The van der Waals surface area contributed by atoms with Crippen LogP contribution in [0.15, 0.2) is 35.7 Å². The van der Waals surface area contributed by atoms with Gasteiger partial charge in [-0.15, -0.1) is 11.3 Å². The van der Waals surface area contributed by atoms with E-state index < -0.39 is 5.97 Å². The third-order valence-corrected chi connectivity index (χ3v) is 9.81. The number of benzene rings is 2. The summed E-state index contributed by atoms with van der Waals surface area (Å²) in [5.74, 6) is 0.331. The molecule has 6 rings (SSSR count). The highest BCUT2D eigenvalue weighted by Crippen LogP contribution is 2.44. The molecule has 41 heavy (non-hydrogen) atoms. The van der Waals surface area contributed by atoms with Crippen LogP contribution in [0.2, 0.25) is 0 Å². The molecule has 0 spiro atoms. The predicted molar refractivity (Wildman–Crippen MR) is 159 cm³/mol. The summed E-state index contributed by atoms with van der Waals surface area (Å²) in [5.41, 5.74) is 6.79. The predicted octanol–water partition coefficient (Wildman–Crippen LogP) is 5.33. The van der Waals surface area contributed by atoms with Gasteiger partial charge in [0.05, 0.1) is 24.8 Å². The SMILES string of the molecule is Cc1ccc(OCc2c(C)cc(C(=O)N3CCOCC3)cc2C)c(-c2csc(N3CC4CCC(C3)C4C(=O)O)n2)c1. The summed E-state index contributed by atoms with van der Waals surface area (Å²) in [6, 6.07) is 10.1. The van der Waals surface area contributed by atoms with Gasteiger partial charge >= 0.3 is 5.97 Å². The summed E-state index contributed by atoms with van der Waals surface area (Å²) in [7, 11) is 0. The first kappa shape index (κ1) is 27.7. The normalized spacial score (nSPS) is 22.2. The number of aryl methyl sites for hydroxylation is 3. The largest absolute Gasteiger partial charge is 0.488 e. The third-order valence-electron chi connectivity index (χ3n) is 8.91. The maximum atomic E-state index is 13.0. The van der Waals surface area contributed by atoms with E-state index in [1.165, 1.54) is 0 Å². The maximum Gasteiger partial charge on any atom is 0.307 e. The number of hydrogen-bond donors (Lipinski definition) is 1.